The minimum atomic E-state index is -2.00. The van der Waals surface area contributed by atoms with E-state index >= 15 is 0 Å². The fourth-order valence-electron chi connectivity index (χ4n) is 6.93. The van der Waals surface area contributed by atoms with E-state index in [1.54, 1.807) is 38.3 Å². The number of fused-ring (bicyclic) bond motifs is 2. The minimum Gasteiger partial charge on any atom is -0.497 e. The molecule has 2 aliphatic rings. The van der Waals surface area contributed by atoms with Crippen molar-refractivity contribution in [3.8, 4) is 34.3 Å². The van der Waals surface area contributed by atoms with Crippen molar-refractivity contribution in [3.63, 3.8) is 0 Å². The molecule has 1 aliphatic heterocycles. The summed E-state index contributed by atoms with van der Waals surface area (Å²) in [4.78, 5) is 48.1. The second kappa shape index (κ2) is 13.8. The van der Waals surface area contributed by atoms with Gasteiger partial charge in [0.25, 0.3) is 0 Å². The number of aromatic nitrogens is 3. The van der Waals surface area contributed by atoms with Crippen LogP contribution in [0.3, 0.4) is 0 Å². The van der Waals surface area contributed by atoms with Crippen LogP contribution in [0, 0.1) is 5.92 Å². The van der Waals surface area contributed by atoms with E-state index in [0.717, 1.165) is 0 Å². The molecule has 0 saturated heterocycles. The van der Waals surface area contributed by atoms with Crippen molar-refractivity contribution in [1.29, 1.82) is 0 Å². The monoisotopic (exact) mass is 726 g/mol. The van der Waals surface area contributed by atoms with Crippen LogP contribution in [0.2, 0.25) is 5.02 Å². The molecule has 3 atom stereocenters. The molecule has 13 nitrogen and oxygen atoms in total. The number of aromatic amines is 1. The van der Waals surface area contributed by atoms with E-state index in [1.165, 1.54) is 27.4 Å². The van der Waals surface area contributed by atoms with E-state index in [1.807, 2.05) is 30.3 Å². The number of hydrogen-bond donors (Lipinski definition) is 2. The van der Waals surface area contributed by atoms with Gasteiger partial charge < -0.3 is 33.4 Å². The summed E-state index contributed by atoms with van der Waals surface area (Å²) in [5, 5.41) is 10.3. The second-order valence-electron chi connectivity index (χ2n) is 12.5. The molecular weight excluding hydrogens is 692 g/mol. The van der Waals surface area contributed by atoms with Gasteiger partial charge in [0, 0.05) is 36.6 Å². The number of furan rings is 1. The van der Waals surface area contributed by atoms with Crippen LogP contribution in [0.4, 0.5) is 0 Å². The first-order valence-corrected chi connectivity index (χ1v) is 16.8. The predicted molar refractivity (Wildman–Crippen MR) is 187 cm³/mol. The number of methoxy groups -OCH3 is 4. The number of benzene rings is 3. The molecule has 1 unspecified atom stereocenters. The van der Waals surface area contributed by atoms with Gasteiger partial charge in [-0.05, 0) is 17.7 Å². The lowest BCUT2D eigenvalue weighted by atomic mass is 9.70. The van der Waals surface area contributed by atoms with Crippen LogP contribution < -0.4 is 24.3 Å². The molecular formula is C38H35ClN4O9. The van der Waals surface area contributed by atoms with Gasteiger partial charge in [-0.3, -0.25) is 19.5 Å². The summed E-state index contributed by atoms with van der Waals surface area (Å²) in [6.07, 6.45) is -0.131. The van der Waals surface area contributed by atoms with Crippen molar-refractivity contribution < 1.29 is 42.5 Å². The quantitative estimate of drug-likeness (QED) is 0.160. The number of hydrogen-bond acceptors (Lipinski definition) is 11. The first-order chi connectivity index (χ1) is 25.1. The summed E-state index contributed by atoms with van der Waals surface area (Å²) in [6.45, 7) is 1.93. The lowest BCUT2D eigenvalue weighted by Gasteiger charge is -2.35. The van der Waals surface area contributed by atoms with Crippen LogP contribution in [0.15, 0.2) is 65.1 Å². The molecule has 1 aliphatic carbocycles. The van der Waals surface area contributed by atoms with Crippen LogP contribution in [0.25, 0.3) is 11.3 Å². The van der Waals surface area contributed by atoms with Gasteiger partial charge in [-0.1, -0.05) is 61.0 Å². The van der Waals surface area contributed by atoms with E-state index in [4.69, 9.17) is 39.7 Å². The normalized spacial score (nSPS) is 18.1. The van der Waals surface area contributed by atoms with Gasteiger partial charge in [-0.15, -0.1) is 0 Å². The predicted octanol–water partition coefficient (Wildman–Crippen LogP) is 5.73. The maximum Gasteiger partial charge on any atom is 0.237 e. The van der Waals surface area contributed by atoms with Gasteiger partial charge in [0.15, 0.2) is 17.4 Å². The van der Waals surface area contributed by atoms with Gasteiger partial charge in [0.2, 0.25) is 23.1 Å². The highest BCUT2D eigenvalue weighted by Crippen LogP contribution is 2.54. The number of nitrogens with zero attached hydrogens (tertiary/aromatic N) is 2. The summed E-state index contributed by atoms with van der Waals surface area (Å²) in [5.41, 5.74) is -0.204. The third-order valence-electron chi connectivity index (χ3n) is 9.46. The SMILES string of the molecule is COCc1nc(C(NC(=O)Cc2c(-c3ccccc3)oc3c2C(=O)[C@@]2(Oc4c(Cl)c(OC)cc(OC)c4C2=O)[C@H](C)C3)c2ccc(OC)cc2)n[nH]1. The largest absolute Gasteiger partial charge is 0.497 e. The average Bonchev–Trinajstić information content (AvgIpc) is 3.86. The molecule has 0 fully saturated rings. The topological polar surface area (TPSA) is 164 Å². The summed E-state index contributed by atoms with van der Waals surface area (Å²) in [7, 11) is 5.93. The van der Waals surface area contributed by atoms with E-state index in [-0.39, 0.29) is 52.8 Å². The molecule has 52 heavy (non-hydrogen) atoms. The van der Waals surface area contributed by atoms with Crippen molar-refractivity contribution in [2.45, 2.75) is 38.0 Å². The van der Waals surface area contributed by atoms with Crippen LogP contribution in [0.1, 0.15) is 62.2 Å². The third-order valence-corrected chi connectivity index (χ3v) is 9.82. The van der Waals surface area contributed by atoms with Gasteiger partial charge in [-0.25, -0.2) is 4.98 Å². The van der Waals surface area contributed by atoms with Crippen LogP contribution in [0.5, 0.6) is 23.0 Å². The Morgan fingerprint density at radius 3 is 2.38 bits per heavy atom. The Kier molecular flexibility index (Phi) is 9.24. The van der Waals surface area contributed by atoms with Crippen molar-refractivity contribution in [2.75, 3.05) is 28.4 Å². The molecule has 1 amide bonds. The number of halogens is 1. The van der Waals surface area contributed by atoms with E-state index < -0.39 is 35.0 Å². The molecule has 268 valence electrons. The number of ether oxygens (including phenoxy) is 5. The summed E-state index contributed by atoms with van der Waals surface area (Å²) in [6, 6.07) is 17.0. The summed E-state index contributed by atoms with van der Waals surface area (Å²) in [5.74, 6) is 0.0858. The molecule has 0 saturated carbocycles. The van der Waals surface area contributed by atoms with Gasteiger partial charge in [0.05, 0.1) is 33.3 Å². The zero-order valence-corrected chi connectivity index (χ0v) is 29.8. The number of nitrogens with one attached hydrogen (secondary N) is 2. The second-order valence-corrected chi connectivity index (χ2v) is 12.9. The van der Waals surface area contributed by atoms with Crippen LogP contribution >= 0.6 is 11.6 Å². The number of Topliss-reactive ketones (excluding diaryl/α,β-unsaturated/α-hetero) is 2. The molecule has 2 N–H and O–H groups in total. The van der Waals surface area contributed by atoms with Crippen molar-refractivity contribution >= 4 is 29.1 Å². The highest BCUT2D eigenvalue weighted by Gasteiger charge is 2.63. The van der Waals surface area contributed by atoms with Crippen molar-refractivity contribution in [2.24, 2.45) is 5.92 Å². The van der Waals surface area contributed by atoms with Crippen molar-refractivity contribution in [3.05, 3.63) is 105 Å². The molecule has 7 rings (SSSR count). The minimum absolute atomic E-state index is 0.000680. The molecule has 1 spiro atoms. The molecule has 5 aromatic rings. The standard InChI is InChI=1S/C38H35ClN4O9/c1-19-15-25-29(35(45)38(19)36(46)30-24(49-4)17-26(50-5)31(39)34(30)52-38)23(33(51-25)21-9-7-6-8-10-21)16-28(44)41-32(20-11-13-22(48-3)14-12-20)37-40-27(18-47-2)42-43-37/h6-14,17,19,32H,15-16,18H2,1-5H3,(H,41,44)(H,40,42,43)/t19-,32?,38+/m1/s1. The maximum atomic E-state index is 14.9. The van der Waals surface area contributed by atoms with Gasteiger partial charge in [0.1, 0.15) is 52.0 Å². The number of carbonyl (C=O) groups excluding carboxylic acids is 3. The Morgan fingerprint density at radius 1 is 1.00 bits per heavy atom. The molecule has 2 aromatic heterocycles. The van der Waals surface area contributed by atoms with Gasteiger partial charge >= 0.3 is 0 Å². The van der Waals surface area contributed by atoms with Crippen LogP contribution in [-0.4, -0.2) is 66.7 Å². The van der Waals surface area contributed by atoms with Crippen LogP contribution in [-0.2, 0) is 29.0 Å². The van der Waals surface area contributed by atoms with Gasteiger partial charge in [-0.2, -0.15) is 5.10 Å². The Hall–Kier alpha value is -5.66. The first kappa shape index (κ1) is 34.8. The Morgan fingerprint density at radius 2 is 1.71 bits per heavy atom. The first-order valence-electron chi connectivity index (χ1n) is 16.4. The maximum absolute atomic E-state index is 14.9. The number of ketones is 2. The highest BCUT2D eigenvalue weighted by atomic mass is 35.5. The molecule has 0 radical (unpaired) electrons. The lowest BCUT2D eigenvalue weighted by Crippen LogP contribution is -2.56. The highest BCUT2D eigenvalue weighted by molar-refractivity contribution is 6.36. The molecule has 0 bridgehead atoms. The summed E-state index contributed by atoms with van der Waals surface area (Å²) < 4.78 is 34.2. The summed E-state index contributed by atoms with van der Waals surface area (Å²) >= 11 is 6.65. The number of carbonyl (C=O) groups is 3. The Labute approximate surface area is 303 Å². The number of amides is 1. The zero-order valence-electron chi connectivity index (χ0n) is 29.0. The van der Waals surface area contributed by atoms with E-state index in [2.05, 4.69) is 20.5 Å². The smallest absolute Gasteiger partial charge is 0.237 e. The Balaban J connectivity index is 1.30. The fraction of sp³-hybridized carbons (Fsp3) is 0.289. The Bertz CT molecular complexity index is 2180. The van der Waals surface area contributed by atoms with E-state index in [0.29, 0.717) is 45.6 Å². The number of H-pyrrole nitrogens is 1. The third kappa shape index (κ3) is 5.66. The lowest BCUT2D eigenvalue weighted by molar-refractivity contribution is -0.121. The molecule has 3 aromatic carbocycles. The number of rotatable bonds is 11. The van der Waals surface area contributed by atoms with Crippen molar-refractivity contribution in [1.82, 2.24) is 20.5 Å². The molecule has 3 heterocycles. The fourth-order valence-corrected chi connectivity index (χ4v) is 7.19. The molecule has 14 heteroatoms. The van der Waals surface area contributed by atoms with E-state index in [9.17, 15) is 14.4 Å². The zero-order chi connectivity index (χ0) is 36.7. The average molecular weight is 727 g/mol.